The van der Waals surface area contributed by atoms with Gasteiger partial charge in [-0.05, 0) is 31.2 Å². The molecule has 18 heavy (non-hydrogen) atoms. The molecule has 3 atom stereocenters. The molecule has 0 radical (unpaired) electrons. The minimum absolute atomic E-state index is 0.0309. The zero-order valence-electron chi connectivity index (χ0n) is 11.2. The van der Waals surface area contributed by atoms with Crippen LogP contribution >= 0.6 is 0 Å². The molecule has 1 heterocycles. The van der Waals surface area contributed by atoms with Crippen molar-refractivity contribution in [1.29, 1.82) is 0 Å². The van der Waals surface area contributed by atoms with E-state index < -0.39 is 0 Å². The van der Waals surface area contributed by atoms with Crippen LogP contribution in [0.1, 0.15) is 50.5 Å². The maximum Gasteiger partial charge on any atom is 0.122 e. The second-order valence-corrected chi connectivity index (χ2v) is 6.31. The molecule has 1 aliphatic carbocycles. The largest absolute Gasteiger partial charge is 0.493 e. The Hall–Kier alpha value is -1.02. The molecule has 1 aromatic carbocycles. The Labute approximate surface area is 110 Å². The lowest BCUT2D eigenvalue weighted by Crippen LogP contribution is -2.45. The van der Waals surface area contributed by atoms with Crippen molar-refractivity contribution in [2.24, 2.45) is 11.7 Å². The quantitative estimate of drug-likeness (QED) is 0.866. The van der Waals surface area contributed by atoms with E-state index in [2.05, 4.69) is 25.1 Å². The van der Waals surface area contributed by atoms with E-state index in [1.807, 2.05) is 6.07 Å². The molecule has 0 bridgehead atoms. The molecular weight excluding hydrogens is 222 g/mol. The molecule has 2 N–H and O–H groups in total. The van der Waals surface area contributed by atoms with Gasteiger partial charge in [0.25, 0.3) is 0 Å². The third-order valence-corrected chi connectivity index (χ3v) is 4.58. The van der Waals surface area contributed by atoms with Gasteiger partial charge in [0.15, 0.2) is 0 Å². The van der Waals surface area contributed by atoms with E-state index in [4.69, 9.17) is 10.5 Å². The summed E-state index contributed by atoms with van der Waals surface area (Å²) < 4.78 is 5.77. The van der Waals surface area contributed by atoms with E-state index in [0.717, 1.165) is 24.7 Å². The van der Waals surface area contributed by atoms with Gasteiger partial charge in [0.1, 0.15) is 5.75 Å². The highest BCUT2D eigenvalue weighted by Gasteiger charge is 2.36. The fourth-order valence-corrected chi connectivity index (χ4v) is 3.78. The molecule has 1 fully saturated rings. The zero-order valence-corrected chi connectivity index (χ0v) is 11.2. The SMILES string of the molecule is CC1CCCC(N)(CC2COc3ccccc32)C1. The number of rotatable bonds is 2. The Morgan fingerprint density at radius 1 is 1.39 bits per heavy atom. The van der Waals surface area contributed by atoms with Gasteiger partial charge < -0.3 is 10.5 Å². The van der Waals surface area contributed by atoms with Crippen LogP contribution in [-0.2, 0) is 0 Å². The van der Waals surface area contributed by atoms with Crippen molar-refractivity contribution in [2.75, 3.05) is 6.61 Å². The minimum atomic E-state index is 0.0309. The van der Waals surface area contributed by atoms with E-state index in [1.54, 1.807) is 0 Å². The maximum absolute atomic E-state index is 6.63. The summed E-state index contributed by atoms with van der Waals surface area (Å²) in [6, 6.07) is 8.42. The number of hydrogen-bond donors (Lipinski definition) is 1. The van der Waals surface area contributed by atoms with Crippen molar-refractivity contribution in [3.8, 4) is 5.75 Å². The molecule has 98 valence electrons. The van der Waals surface area contributed by atoms with Crippen molar-refractivity contribution in [3.63, 3.8) is 0 Å². The lowest BCUT2D eigenvalue weighted by molar-refractivity contribution is 0.200. The number of nitrogens with two attached hydrogens (primary N) is 1. The van der Waals surface area contributed by atoms with Crippen molar-refractivity contribution in [1.82, 2.24) is 0 Å². The molecule has 3 unspecified atom stereocenters. The fraction of sp³-hybridized carbons (Fsp3) is 0.625. The Kier molecular flexibility index (Phi) is 3.06. The van der Waals surface area contributed by atoms with E-state index in [1.165, 1.54) is 31.2 Å². The summed E-state index contributed by atoms with van der Waals surface area (Å²) in [6.07, 6.45) is 6.06. The number of fused-ring (bicyclic) bond motifs is 1. The summed E-state index contributed by atoms with van der Waals surface area (Å²) in [5, 5.41) is 0. The number of para-hydroxylation sites is 1. The third-order valence-electron chi connectivity index (χ3n) is 4.58. The predicted octanol–water partition coefficient (Wildman–Crippen LogP) is 3.46. The average molecular weight is 245 g/mol. The molecule has 2 heteroatoms. The standard InChI is InChI=1S/C16H23NO/c1-12-5-4-8-16(17,9-12)10-13-11-18-15-7-3-2-6-14(13)15/h2-3,6-7,12-13H,4-5,8-11,17H2,1H3. The van der Waals surface area contributed by atoms with Gasteiger partial charge in [-0.25, -0.2) is 0 Å². The van der Waals surface area contributed by atoms with E-state index in [0.29, 0.717) is 5.92 Å². The molecule has 1 saturated carbocycles. The highest BCUT2D eigenvalue weighted by Crippen LogP contribution is 2.42. The molecule has 2 aliphatic rings. The van der Waals surface area contributed by atoms with Gasteiger partial charge in [-0.3, -0.25) is 0 Å². The highest BCUT2D eigenvalue weighted by atomic mass is 16.5. The van der Waals surface area contributed by atoms with Gasteiger partial charge in [0.05, 0.1) is 6.61 Å². The van der Waals surface area contributed by atoms with Crippen molar-refractivity contribution in [3.05, 3.63) is 29.8 Å². The highest BCUT2D eigenvalue weighted by molar-refractivity contribution is 5.39. The first-order chi connectivity index (χ1) is 8.66. The molecule has 1 aromatic rings. The molecule has 3 rings (SSSR count). The Morgan fingerprint density at radius 3 is 3.06 bits per heavy atom. The molecular formula is C16H23NO. The van der Waals surface area contributed by atoms with Crippen LogP contribution in [0.25, 0.3) is 0 Å². The number of hydrogen-bond acceptors (Lipinski definition) is 2. The monoisotopic (exact) mass is 245 g/mol. The zero-order chi connectivity index (χ0) is 12.6. The van der Waals surface area contributed by atoms with Crippen molar-refractivity contribution >= 4 is 0 Å². The molecule has 0 spiro atoms. The molecule has 2 nitrogen and oxygen atoms in total. The summed E-state index contributed by atoms with van der Waals surface area (Å²) >= 11 is 0. The van der Waals surface area contributed by atoms with Gasteiger partial charge in [0, 0.05) is 17.0 Å². The van der Waals surface area contributed by atoms with Crippen LogP contribution in [0.5, 0.6) is 5.75 Å². The number of benzene rings is 1. The Morgan fingerprint density at radius 2 is 2.22 bits per heavy atom. The van der Waals surface area contributed by atoms with Crippen LogP contribution in [0.3, 0.4) is 0 Å². The van der Waals surface area contributed by atoms with Gasteiger partial charge >= 0.3 is 0 Å². The lowest BCUT2D eigenvalue weighted by Gasteiger charge is -2.38. The first-order valence-electron chi connectivity index (χ1n) is 7.17. The van der Waals surface area contributed by atoms with Crippen LogP contribution in [0.2, 0.25) is 0 Å². The van der Waals surface area contributed by atoms with Crippen molar-refractivity contribution in [2.45, 2.75) is 50.5 Å². The summed E-state index contributed by atoms with van der Waals surface area (Å²) in [7, 11) is 0. The van der Waals surface area contributed by atoms with Crippen molar-refractivity contribution < 1.29 is 4.74 Å². The van der Waals surface area contributed by atoms with Crippen LogP contribution in [0.15, 0.2) is 24.3 Å². The Balaban J connectivity index is 1.74. The van der Waals surface area contributed by atoms with E-state index in [-0.39, 0.29) is 5.54 Å². The summed E-state index contributed by atoms with van der Waals surface area (Å²) in [6.45, 7) is 3.15. The molecule has 0 saturated heterocycles. The first kappa shape index (κ1) is 12.0. The van der Waals surface area contributed by atoms with Gasteiger partial charge in [-0.15, -0.1) is 0 Å². The van der Waals surface area contributed by atoms with Gasteiger partial charge in [0.2, 0.25) is 0 Å². The number of ether oxygens (including phenoxy) is 1. The smallest absolute Gasteiger partial charge is 0.122 e. The third kappa shape index (κ3) is 2.26. The maximum atomic E-state index is 6.63. The van der Waals surface area contributed by atoms with Crippen LogP contribution in [-0.4, -0.2) is 12.1 Å². The topological polar surface area (TPSA) is 35.2 Å². The van der Waals surface area contributed by atoms with Crippen LogP contribution < -0.4 is 10.5 Å². The van der Waals surface area contributed by atoms with Crippen LogP contribution in [0, 0.1) is 5.92 Å². The molecule has 0 aromatic heterocycles. The first-order valence-corrected chi connectivity index (χ1v) is 7.17. The second-order valence-electron chi connectivity index (χ2n) is 6.31. The Bertz CT molecular complexity index is 431. The summed E-state index contributed by atoms with van der Waals surface area (Å²) in [4.78, 5) is 0. The van der Waals surface area contributed by atoms with Gasteiger partial charge in [-0.1, -0.05) is 38.0 Å². The van der Waals surface area contributed by atoms with Crippen LogP contribution in [0.4, 0.5) is 0 Å². The fourth-order valence-electron chi connectivity index (χ4n) is 3.78. The minimum Gasteiger partial charge on any atom is -0.493 e. The van der Waals surface area contributed by atoms with E-state index in [9.17, 15) is 0 Å². The summed E-state index contributed by atoms with van der Waals surface area (Å²) in [5.74, 6) is 2.34. The predicted molar refractivity (Wildman–Crippen MR) is 73.8 cm³/mol. The molecule has 0 amide bonds. The normalized spacial score (nSPS) is 35.0. The average Bonchev–Trinajstić information content (AvgIpc) is 2.72. The lowest BCUT2D eigenvalue weighted by atomic mass is 9.72. The van der Waals surface area contributed by atoms with Gasteiger partial charge in [-0.2, -0.15) is 0 Å². The second kappa shape index (κ2) is 4.58. The molecule has 1 aliphatic heterocycles. The summed E-state index contributed by atoms with van der Waals surface area (Å²) in [5.41, 5.74) is 8.02. The van der Waals surface area contributed by atoms with E-state index >= 15 is 0 Å².